The van der Waals surface area contributed by atoms with Gasteiger partial charge in [0.05, 0.1) is 0 Å². The first-order valence-corrected chi connectivity index (χ1v) is 2.59. The van der Waals surface area contributed by atoms with E-state index in [4.69, 9.17) is 9.66 Å². The molecule has 46 valence electrons. The molecule has 0 spiro atoms. The van der Waals surface area contributed by atoms with Crippen molar-refractivity contribution in [2.75, 3.05) is 0 Å². The van der Waals surface area contributed by atoms with Gasteiger partial charge >= 0.3 is 64.3 Å². The number of hydrogen-bond acceptors (Lipinski definition) is 3. The van der Waals surface area contributed by atoms with Gasteiger partial charge in [-0.2, -0.15) is 8.42 Å². The number of carboxylic acid groups (broad SMARTS) is 1. The molecule has 0 bridgehead atoms. The maximum atomic E-state index is 9.29. The Labute approximate surface area is 85.9 Å². The van der Waals surface area contributed by atoms with E-state index in [1.54, 1.807) is 0 Å². The summed E-state index contributed by atoms with van der Waals surface area (Å²) in [5.74, 6) is 0. The van der Waals surface area contributed by atoms with E-state index >= 15 is 0 Å². The molecule has 7 heteroatoms. The predicted molar refractivity (Wildman–Crippen MR) is 28.1 cm³/mol. The number of rotatable bonds is 0. The van der Waals surface area contributed by atoms with E-state index in [2.05, 4.69) is 0 Å². The van der Waals surface area contributed by atoms with Crippen LogP contribution in [0.1, 0.15) is 0 Å². The van der Waals surface area contributed by atoms with Crippen LogP contribution in [-0.2, 0) is 10.1 Å². The fraction of sp³-hybridized carbons (Fsp3) is 0. The van der Waals surface area contributed by atoms with Gasteiger partial charge in [-0.15, -0.1) is 0 Å². The van der Waals surface area contributed by atoms with Crippen LogP contribution in [0.2, 0.25) is 0 Å². The molecule has 0 rings (SSSR count). The summed E-state index contributed by atoms with van der Waals surface area (Å²) in [5.41, 5.74) is 0. The first kappa shape index (κ1) is 11.7. The molecule has 0 saturated heterocycles. The second-order valence-corrected chi connectivity index (χ2v) is 2.04. The van der Waals surface area contributed by atoms with Gasteiger partial charge in [0.2, 0.25) is 0 Å². The van der Waals surface area contributed by atoms with Crippen LogP contribution >= 0.6 is 0 Å². The Morgan fingerprint density at radius 1 is 1.38 bits per heavy atom. The van der Waals surface area contributed by atoms with E-state index in [1.807, 2.05) is 0 Å². The van der Waals surface area contributed by atoms with Crippen LogP contribution in [-0.4, -0.2) is 72.3 Å². The Bertz CT molecular complexity index is 167. The summed E-state index contributed by atoms with van der Waals surface area (Å²) in [6.45, 7) is 0. The molecule has 0 aromatic rings. The zero-order valence-electron chi connectivity index (χ0n) is 3.03. The minimum absolute atomic E-state index is 0. The van der Waals surface area contributed by atoms with Crippen LogP contribution in [0.15, 0.2) is 0 Å². The third kappa shape index (κ3) is 5.10. The summed E-state index contributed by atoms with van der Waals surface area (Å²) in [4.78, 5) is 9.18. The summed E-state index contributed by atoms with van der Waals surface area (Å²) in [6, 6.07) is 0. The average molecular weight is 265 g/mol. The first-order valence-electron chi connectivity index (χ1n) is 1.15. The monoisotopic (exact) mass is 266 g/mol. The van der Waals surface area contributed by atoms with Gasteiger partial charge in [0, 0.05) is 0 Å². The van der Waals surface area contributed by atoms with Crippen LogP contribution in [0.5, 0.6) is 0 Å². The predicted octanol–water partition coefficient (Wildman–Crippen LogP) is -1.36. The SMILES string of the molecule is O=C(O)S(=O)(=O)O.[BaH2]. The van der Waals surface area contributed by atoms with Gasteiger partial charge in [0.1, 0.15) is 0 Å². The van der Waals surface area contributed by atoms with Crippen molar-refractivity contribution in [3.05, 3.63) is 0 Å². The van der Waals surface area contributed by atoms with Crippen molar-refractivity contribution in [2.45, 2.75) is 0 Å². The molecule has 0 radical (unpaired) electrons. The van der Waals surface area contributed by atoms with Gasteiger partial charge < -0.3 is 5.11 Å². The molecule has 0 aliphatic rings. The molecule has 5 nitrogen and oxygen atoms in total. The molecule has 0 amide bonds. The van der Waals surface area contributed by atoms with Crippen molar-refractivity contribution >= 4 is 64.3 Å². The van der Waals surface area contributed by atoms with Crippen molar-refractivity contribution in [1.82, 2.24) is 0 Å². The molecule has 0 fully saturated rings. The summed E-state index contributed by atoms with van der Waals surface area (Å²) in [6.07, 6.45) is 0. The zero-order valence-corrected chi connectivity index (χ0v) is 3.84. The van der Waals surface area contributed by atoms with Crippen molar-refractivity contribution in [1.29, 1.82) is 0 Å². The van der Waals surface area contributed by atoms with E-state index in [1.165, 1.54) is 0 Å². The normalized spacial score (nSPS) is 9.62. The summed E-state index contributed by atoms with van der Waals surface area (Å²) < 4.78 is 26.0. The van der Waals surface area contributed by atoms with Gasteiger partial charge in [-0.25, -0.2) is 4.79 Å². The zero-order chi connectivity index (χ0) is 6.08. The molecule has 0 aromatic heterocycles. The molecular formula is CH4BaO5S. The Kier molecular flexibility index (Phi) is 5.68. The van der Waals surface area contributed by atoms with E-state index in [0.717, 1.165) is 0 Å². The van der Waals surface area contributed by atoms with Gasteiger partial charge in [0.15, 0.2) is 0 Å². The second kappa shape index (κ2) is 3.88. The summed E-state index contributed by atoms with van der Waals surface area (Å²) in [5, 5.41) is 5.18. The fourth-order valence-corrected chi connectivity index (χ4v) is 0. The summed E-state index contributed by atoms with van der Waals surface area (Å²) in [7, 11) is -4.82. The third-order valence-corrected chi connectivity index (χ3v) is 0.662. The van der Waals surface area contributed by atoms with E-state index < -0.39 is 15.4 Å². The van der Waals surface area contributed by atoms with Crippen LogP contribution < -0.4 is 0 Å². The van der Waals surface area contributed by atoms with Gasteiger partial charge in [-0.3, -0.25) is 4.55 Å². The number of hydrogen-bond donors (Lipinski definition) is 2. The molecule has 0 unspecified atom stereocenters. The molecule has 0 aromatic carbocycles. The van der Waals surface area contributed by atoms with Crippen molar-refractivity contribution in [3.63, 3.8) is 0 Å². The molecule has 0 saturated carbocycles. The van der Waals surface area contributed by atoms with E-state index in [0.29, 0.717) is 0 Å². The van der Waals surface area contributed by atoms with Crippen LogP contribution in [0.25, 0.3) is 0 Å². The molecule has 0 heterocycles. The molecule has 2 N–H and O–H groups in total. The Balaban J connectivity index is 0. The Morgan fingerprint density at radius 2 is 1.50 bits per heavy atom. The minimum atomic E-state index is -4.82. The fourth-order valence-electron chi connectivity index (χ4n) is 0. The Morgan fingerprint density at radius 3 is 1.50 bits per heavy atom. The molecule has 8 heavy (non-hydrogen) atoms. The molecule has 0 atom stereocenters. The van der Waals surface area contributed by atoms with Gasteiger partial charge in [-0.05, 0) is 0 Å². The quantitative estimate of drug-likeness (QED) is 0.417. The van der Waals surface area contributed by atoms with Crippen molar-refractivity contribution in [2.24, 2.45) is 0 Å². The van der Waals surface area contributed by atoms with Gasteiger partial charge in [-0.1, -0.05) is 0 Å². The van der Waals surface area contributed by atoms with E-state index in [9.17, 15) is 13.2 Å². The number of carbonyl (C=O) groups is 1. The standard InChI is InChI=1S/CH2O5S.Ba.2H/c2-1(3)7(4,5)6;;;/h(H,2,3)(H,4,5,6);;;. The first-order chi connectivity index (χ1) is 2.94. The van der Waals surface area contributed by atoms with Crippen LogP contribution in [0, 0.1) is 0 Å². The molecule has 0 aliphatic carbocycles. The van der Waals surface area contributed by atoms with Crippen LogP contribution in [0.4, 0.5) is 4.79 Å². The summed E-state index contributed by atoms with van der Waals surface area (Å²) >= 11 is 0. The van der Waals surface area contributed by atoms with Gasteiger partial charge in [0.25, 0.3) is 0 Å². The van der Waals surface area contributed by atoms with Crippen molar-refractivity contribution in [3.8, 4) is 0 Å². The van der Waals surface area contributed by atoms with E-state index in [-0.39, 0.29) is 48.9 Å². The topological polar surface area (TPSA) is 91.7 Å². The Hall–Kier alpha value is 0.951. The molecule has 0 aliphatic heterocycles. The average Bonchev–Trinajstić information content (AvgIpc) is 1.31. The van der Waals surface area contributed by atoms with Crippen molar-refractivity contribution < 1.29 is 22.9 Å². The maximum absolute atomic E-state index is 9.29. The molecular weight excluding hydrogens is 261 g/mol. The van der Waals surface area contributed by atoms with Crippen LogP contribution in [0.3, 0.4) is 0 Å². The second-order valence-electron chi connectivity index (χ2n) is 0.741. The third-order valence-electron chi connectivity index (χ3n) is 0.221.